The SMILES string of the molecule is COc1cccc(P(c2ccc(-c3ccccc3)cc2)c2ccc(-c3ccccc3)cc2)c1-c1c(OC)cccc1P(c1ccc(-c2ccccc2)cc1)c1ccc(-c2ccccc2)cc1. The summed E-state index contributed by atoms with van der Waals surface area (Å²) < 4.78 is 12.9. The van der Waals surface area contributed by atoms with Crippen LogP contribution in [0.5, 0.6) is 11.5 Å². The lowest BCUT2D eigenvalue weighted by molar-refractivity contribution is 0.411. The topological polar surface area (TPSA) is 18.5 Å². The van der Waals surface area contributed by atoms with Crippen molar-refractivity contribution in [3.05, 3.63) is 255 Å². The highest BCUT2D eigenvalue weighted by Crippen LogP contribution is 2.47. The zero-order valence-corrected chi connectivity index (χ0v) is 38.7. The van der Waals surface area contributed by atoms with Crippen molar-refractivity contribution in [2.24, 2.45) is 0 Å². The van der Waals surface area contributed by atoms with E-state index in [0.717, 1.165) is 22.6 Å². The van der Waals surface area contributed by atoms with Crippen LogP contribution < -0.4 is 41.3 Å². The molecule has 0 spiro atoms. The van der Waals surface area contributed by atoms with Crippen molar-refractivity contribution in [3.63, 3.8) is 0 Å². The van der Waals surface area contributed by atoms with Gasteiger partial charge in [-0.1, -0.05) is 243 Å². The van der Waals surface area contributed by atoms with Crippen molar-refractivity contribution in [2.75, 3.05) is 14.2 Å². The molecule has 0 fully saturated rings. The molecule has 4 heteroatoms. The number of hydrogen-bond donors (Lipinski definition) is 0. The largest absolute Gasteiger partial charge is 0.496 e. The van der Waals surface area contributed by atoms with Gasteiger partial charge in [-0.05, 0) is 104 Å². The van der Waals surface area contributed by atoms with Crippen LogP contribution in [0.25, 0.3) is 55.6 Å². The first kappa shape index (κ1) is 42.6. The highest BCUT2D eigenvalue weighted by atomic mass is 31.1. The van der Waals surface area contributed by atoms with E-state index in [1.165, 1.54) is 76.3 Å². The third-order valence-electron chi connectivity index (χ3n) is 12.1. The summed E-state index contributed by atoms with van der Waals surface area (Å²) in [7, 11) is 1.33. The van der Waals surface area contributed by atoms with E-state index in [4.69, 9.17) is 9.47 Å². The summed E-state index contributed by atoms with van der Waals surface area (Å²) >= 11 is 0. The molecule has 0 atom stereocenters. The average Bonchev–Trinajstić information content (AvgIpc) is 3.40. The molecule has 0 bridgehead atoms. The van der Waals surface area contributed by atoms with E-state index in [-0.39, 0.29) is 0 Å². The second-order valence-corrected chi connectivity index (χ2v) is 20.4. The summed E-state index contributed by atoms with van der Waals surface area (Å²) in [6, 6.07) is 92.3. The monoisotopic (exact) mass is 886 g/mol. The number of methoxy groups -OCH3 is 2. The Hall–Kier alpha value is -7.34. The molecule has 318 valence electrons. The standard InChI is InChI=1S/C62H48O2P2/c1-63-57-25-15-27-59(65(53-37-29-49(30-38-53)45-17-7-3-8-18-45)54-39-31-50(32-40-54)46-19-9-4-10-20-46)61(57)62-58(64-2)26-16-28-60(62)66(55-41-33-51(34-42-55)47-21-11-5-12-22-47)56-43-35-52(36-44-56)48-23-13-6-14-24-48/h3-44H,1-2H3. The molecule has 0 radical (unpaired) electrons. The van der Waals surface area contributed by atoms with Crippen LogP contribution in [0.15, 0.2) is 255 Å². The Labute approximate surface area is 391 Å². The number of benzene rings is 10. The van der Waals surface area contributed by atoms with Gasteiger partial charge in [0, 0.05) is 11.1 Å². The summed E-state index contributed by atoms with van der Waals surface area (Å²) in [4.78, 5) is 0. The third kappa shape index (κ3) is 8.87. The number of hydrogen-bond acceptors (Lipinski definition) is 2. The van der Waals surface area contributed by atoms with Crippen LogP contribution in [-0.2, 0) is 0 Å². The lowest BCUT2D eigenvalue weighted by Crippen LogP contribution is -2.26. The quantitative estimate of drug-likeness (QED) is 0.107. The first-order chi connectivity index (χ1) is 32.7. The summed E-state index contributed by atoms with van der Waals surface area (Å²) in [5.74, 6) is 1.61. The minimum absolute atomic E-state index is 0.807. The van der Waals surface area contributed by atoms with Crippen molar-refractivity contribution >= 4 is 47.7 Å². The number of rotatable bonds is 13. The molecule has 10 rings (SSSR count). The van der Waals surface area contributed by atoms with Gasteiger partial charge in [-0.25, -0.2) is 0 Å². The summed E-state index contributed by atoms with van der Waals surface area (Å²) in [6.45, 7) is 0. The molecular formula is C62H48O2P2. The van der Waals surface area contributed by atoms with Crippen LogP contribution in [0, 0.1) is 0 Å². The molecule has 0 heterocycles. The van der Waals surface area contributed by atoms with Gasteiger partial charge in [-0.15, -0.1) is 0 Å². The maximum absolute atomic E-state index is 6.45. The predicted octanol–water partition coefficient (Wildman–Crippen LogP) is 13.6. The Balaban J connectivity index is 1.18. The first-order valence-corrected chi connectivity index (χ1v) is 24.9. The van der Waals surface area contributed by atoms with Crippen LogP contribution in [0.4, 0.5) is 0 Å². The van der Waals surface area contributed by atoms with Crippen LogP contribution in [0.2, 0.25) is 0 Å². The fourth-order valence-electron chi connectivity index (χ4n) is 8.84. The molecule has 66 heavy (non-hydrogen) atoms. The summed E-state index contributed by atoms with van der Waals surface area (Å²) in [6.07, 6.45) is 0. The molecular weight excluding hydrogens is 839 g/mol. The Morgan fingerprint density at radius 2 is 0.455 bits per heavy atom. The molecule has 0 N–H and O–H groups in total. The van der Waals surface area contributed by atoms with E-state index in [0.29, 0.717) is 0 Å². The maximum atomic E-state index is 6.45. The minimum Gasteiger partial charge on any atom is -0.496 e. The molecule has 0 aliphatic rings. The number of ether oxygens (including phenoxy) is 2. The molecule has 10 aromatic carbocycles. The maximum Gasteiger partial charge on any atom is 0.127 e. The Morgan fingerprint density at radius 3 is 0.682 bits per heavy atom. The average molecular weight is 887 g/mol. The molecule has 0 aliphatic carbocycles. The van der Waals surface area contributed by atoms with Crippen molar-refractivity contribution in [3.8, 4) is 67.1 Å². The summed E-state index contributed by atoms with van der Waals surface area (Å²) in [5, 5.41) is 7.39. The van der Waals surface area contributed by atoms with Crippen LogP contribution >= 0.6 is 15.8 Å². The van der Waals surface area contributed by atoms with E-state index >= 15 is 0 Å². The minimum atomic E-state index is -1.12. The molecule has 0 saturated heterocycles. The molecule has 0 aromatic heterocycles. The van der Waals surface area contributed by atoms with Gasteiger partial charge in [0.25, 0.3) is 0 Å². The first-order valence-electron chi connectivity index (χ1n) is 22.2. The lowest BCUT2D eigenvalue weighted by Gasteiger charge is -2.28. The van der Waals surface area contributed by atoms with Gasteiger partial charge >= 0.3 is 0 Å². The zero-order valence-electron chi connectivity index (χ0n) is 37.0. The molecule has 0 aliphatic heterocycles. The van der Waals surface area contributed by atoms with Gasteiger partial charge in [0.05, 0.1) is 14.2 Å². The van der Waals surface area contributed by atoms with Crippen LogP contribution in [0.1, 0.15) is 0 Å². The second kappa shape index (κ2) is 19.8. The Morgan fingerprint density at radius 1 is 0.227 bits per heavy atom. The predicted molar refractivity (Wildman–Crippen MR) is 284 cm³/mol. The fourth-order valence-corrected chi connectivity index (χ4v) is 13.7. The summed E-state index contributed by atoms with van der Waals surface area (Å²) in [5.41, 5.74) is 11.6. The Kier molecular flexibility index (Phi) is 12.8. The molecule has 0 unspecified atom stereocenters. The van der Waals surface area contributed by atoms with Gasteiger partial charge in [-0.2, -0.15) is 0 Å². The Bertz CT molecular complexity index is 2770. The van der Waals surface area contributed by atoms with Gasteiger partial charge in [-0.3, -0.25) is 0 Å². The highest BCUT2D eigenvalue weighted by Gasteiger charge is 2.30. The normalized spacial score (nSPS) is 11.2. The molecule has 10 aromatic rings. The van der Waals surface area contributed by atoms with E-state index < -0.39 is 15.8 Å². The van der Waals surface area contributed by atoms with Crippen molar-refractivity contribution in [2.45, 2.75) is 0 Å². The molecule has 0 saturated carbocycles. The third-order valence-corrected chi connectivity index (χ3v) is 17.1. The van der Waals surface area contributed by atoms with Gasteiger partial charge in [0.15, 0.2) is 0 Å². The van der Waals surface area contributed by atoms with Crippen LogP contribution in [-0.4, -0.2) is 14.2 Å². The van der Waals surface area contributed by atoms with Crippen LogP contribution in [0.3, 0.4) is 0 Å². The van der Waals surface area contributed by atoms with E-state index in [1.54, 1.807) is 14.2 Å². The van der Waals surface area contributed by atoms with E-state index in [2.05, 4.69) is 255 Å². The second-order valence-electron chi connectivity index (χ2n) is 16.0. The molecule has 0 amide bonds. The lowest BCUT2D eigenvalue weighted by atomic mass is 10.0. The highest BCUT2D eigenvalue weighted by molar-refractivity contribution is 7.80. The van der Waals surface area contributed by atoms with E-state index in [9.17, 15) is 0 Å². The van der Waals surface area contributed by atoms with Crippen molar-refractivity contribution in [1.82, 2.24) is 0 Å². The van der Waals surface area contributed by atoms with Gasteiger partial charge in [0.1, 0.15) is 11.5 Å². The zero-order chi connectivity index (χ0) is 44.7. The van der Waals surface area contributed by atoms with Crippen molar-refractivity contribution in [1.29, 1.82) is 0 Å². The fraction of sp³-hybridized carbons (Fsp3) is 0.0323. The van der Waals surface area contributed by atoms with Gasteiger partial charge < -0.3 is 9.47 Å². The van der Waals surface area contributed by atoms with Crippen molar-refractivity contribution < 1.29 is 9.47 Å². The molecule has 2 nitrogen and oxygen atoms in total. The smallest absolute Gasteiger partial charge is 0.127 e. The van der Waals surface area contributed by atoms with Gasteiger partial charge in [0.2, 0.25) is 0 Å². The van der Waals surface area contributed by atoms with E-state index in [1.807, 2.05) is 0 Å².